The van der Waals surface area contributed by atoms with Crippen LogP contribution in [0.3, 0.4) is 0 Å². The number of ether oxygens (including phenoxy) is 1. The van der Waals surface area contributed by atoms with Crippen molar-refractivity contribution in [3.63, 3.8) is 0 Å². The lowest BCUT2D eigenvalue weighted by Crippen LogP contribution is -2.20. The van der Waals surface area contributed by atoms with Crippen LogP contribution < -0.4 is 15.7 Å². The molecule has 0 atom stereocenters. The molecule has 0 aliphatic carbocycles. The van der Waals surface area contributed by atoms with Crippen LogP contribution in [0.4, 0.5) is 5.69 Å². The van der Waals surface area contributed by atoms with E-state index in [1.165, 1.54) is 6.07 Å². The molecule has 0 bridgehead atoms. The van der Waals surface area contributed by atoms with Crippen LogP contribution in [-0.2, 0) is 4.79 Å². The van der Waals surface area contributed by atoms with Gasteiger partial charge in [-0.15, -0.1) is 0 Å². The van der Waals surface area contributed by atoms with E-state index < -0.39 is 5.63 Å². The fraction of sp³-hybridized carbons (Fsp3) is 0.120. The predicted molar refractivity (Wildman–Crippen MR) is 118 cm³/mol. The van der Waals surface area contributed by atoms with E-state index in [0.717, 1.165) is 33.3 Å². The summed E-state index contributed by atoms with van der Waals surface area (Å²) in [4.78, 5) is 24.3. The number of hydrogen-bond acceptors (Lipinski definition) is 4. The Morgan fingerprint density at radius 1 is 0.967 bits per heavy atom. The maximum Gasteiger partial charge on any atom is 0.336 e. The number of aryl methyl sites for hydroxylation is 1. The summed E-state index contributed by atoms with van der Waals surface area (Å²) in [5.41, 5.74) is 4.58. The zero-order chi connectivity index (χ0) is 21.1. The second-order valence-corrected chi connectivity index (χ2v) is 7.09. The zero-order valence-corrected chi connectivity index (χ0v) is 16.8. The van der Waals surface area contributed by atoms with E-state index in [4.69, 9.17) is 9.15 Å². The quantitative estimate of drug-likeness (QED) is 0.475. The van der Waals surface area contributed by atoms with Crippen molar-refractivity contribution in [2.24, 2.45) is 0 Å². The number of carbonyl (C=O) groups is 1. The van der Waals surface area contributed by atoms with Crippen LogP contribution in [0.5, 0.6) is 5.75 Å². The summed E-state index contributed by atoms with van der Waals surface area (Å²) in [6.07, 6.45) is 0. The van der Waals surface area contributed by atoms with Gasteiger partial charge in [-0.25, -0.2) is 4.79 Å². The molecule has 4 rings (SSSR count). The summed E-state index contributed by atoms with van der Waals surface area (Å²) in [6.45, 7) is 3.80. The topological polar surface area (TPSA) is 68.5 Å². The molecular formula is C25H21NO4. The van der Waals surface area contributed by atoms with Crippen molar-refractivity contribution in [1.29, 1.82) is 0 Å². The molecule has 0 fully saturated rings. The molecule has 5 nitrogen and oxygen atoms in total. The molecule has 1 amide bonds. The number of rotatable bonds is 5. The maximum atomic E-state index is 12.3. The highest BCUT2D eigenvalue weighted by Crippen LogP contribution is 2.29. The van der Waals surface area contributed by atoms with Crippen molar-refractivity contribution < 1.29 is 13.9 Å². The third-order valence-electron chi connectivity index (χ3n) is 5.05. The molecule has 0 unspecified atom stereocenters. The highest BCUT2D eigenvalue weighted by Gasteiger charge is 2.11. The van der Waals surface area contributed by atoms with Crippen molar-refractivity contribution >= 4 is 22.6 Å². The van der Waals surface area contributed by atoms with E-state index in [1.807, 2.05) is 68.4 Å². The lowest BCUT2D eigenvalue weighted by Gasteiger charge is -2.12. The summed E-state index contributed by atoms with van der Waals surface area (Å²) in [6, 6.07) is 22.1. The molecule has 1 aromatic heterocycles. The first-order chi connectivity index (χ1) is 14.5. The van der Waals surface area contributed by atoms with Crippen LogP contribution in [0, 0.1) is 13.8 Å². The SMILES string of the molecule is Cc1cccc(NC(=O)COc2ccc3c(-c4ccccc4)cc(=O)oc3c2)c1C. The van der Waals surface area contributed by atoms with Crippen LogP contribution in [0.25, 0.3) is 22.1 Å². The number of carbonyl (C=O) groups excluding carboxylic acids is 1. The van der Waals surface area contributed by atoms with Gasteiger partial charge in [0.05, 0.1) is 0 Å². The van der Waals surface area contributed by atoms with Gasteiger partial charge in [0.2, 0.25) is 0 Å². The van der Waals surface area contributed by atoms with E-state index >= 15 is 0 Å². The van der Waals surface area contributed by atoms with Crippen molar-refractivity contribution in [2.45, 2.75) is 13.8 Å². The number of benzene rings is 3. The highest BCUT2D eigenvalue weighted by molar-refractivity contribution is 5.94. The first-order valence-electron chi connectivity index (χ1n) is 9.63. The third kappa shape index (κ3) is 4.10. The van der Waals surface area contributed by atoms with Gasteiger partial charge in [-0.1, -0.05) is 42.5 Å². The van der Waals surface area contributed by atoms with Gasteiger partial charge in [0.15, 0.2) is 6.61 Å². The van der Waals surface area contributed by atoms with Gasteiger partial charge >= 0.3 is 5.63 Å². The molecule has 30 heavy (non-hydrogen) atoms. The van der Waals surface area contributed by atoms with Crippen LogP contribution in [-0.4, -0.2) is 12.5 Å². The molecule has 3 aromatic carbocycles. The summed E-state index contributed by atoms with van der Waals surface area (Å²) in [5.74, 6) is 0.190. The zero-order valence-electron chi connectivity index (χ0n) is 16.8. The monoisotopic (exact) mass is 399 g/mol. The van der Waals surface area contributed by atoms with Crippen LogP contribution in [0.2, 0.25) is 0 Å². The Labute approximate surface area is 173 Å². The van der Waals surface area contributed by atoms with Gasteiger partial charge in [0.25, 0.3) is 5.91 Å². The minimum atomic E-state index is -0.439. The third-order valence-corrected chi connectivity index (χ3v) is 5.05. The van der Waals surface area contributed by atoms with Gasteiger partial charge in [-0.3, -0.25) is 4.79 Å². The Morgan fingerprint density at radius 3 is 2.57 bits per heavy atom. The standard InChI is InChI=1S/C25H21NO4/c1-16-7-6-10-22(17(16)2)26-24(27)15-29-19-11-12-20-21(18-8-4-3-5-9-18)14-25(28)30-23(20)13-19/h3-14H,15H2,1-2H3,(H,26,27). The largest absolute Gasteiger partial charge is 0.484 e. The molecular weight excluding hydrogens is 378 g/mol. The molecule has 5 heteroatoms. The van der Waals surface area contributed by atoms with Crippen molar-refractivity contribution in [3.8, 4) is 16.9 Å². The first-order valence-corrected chi connectivity index (χ1v) is 9.63. The molecule has 1 heterocycles. The molecule has 4 aromatic rings. The smallest absolute Gasteiger partial charge is 0.336 e. The summed E-state index contributed by atoms with van der Waals surface area (Å²) >= 11 is 0. The summed E-state index contributed by atoms with van der Waals surface area (Å²) in [5, 5.41) is 3.66. The fourth-order valence-corrected chi connectivity index (χ4v) is 3.31. The number of fused-ring (bicyclic) bond motifs is 1. The van der Waals surface area contributed by atoms with Crippen LogP contribution in [0.1, 0.15) is 11.1 Å². The Balaban J connectivity index is 1.53. The van der Waals surface area contributed by atoms with Crippen LogP contribution >= 0.6 is 0 Å². The van der Waals surface area contributed by atoms with Gasteiger partial charge < -0.3 is 14.5 Å². The number of anilines is 1. The normalized spacial score (nSPS) is 10.7. The summed E-state index contributed by atoms with van der Waals surface area (Å²) in [7, 11) is 0. The van der Waals surface area contributed by atoms with Gasteiger partial charge in [0, 0.05) is 23.2 Å². The minimum Gasteiger partial charge on any atom is -0.484 e. The van der Waals surface area contributed by atoms with Gasteiger partial charge in [-0.2, -0.15) is 0 Å². The second-order valence-electron chi connectivity index (χ2n) is 7.09. The molecule has 0 aliphatic rings. The Morgan fingerprint density at radius 2 is 1.77 bits per heavy atom. The molecule has 0 saturated heterocycles. The number of nitrogens with one attached hydrogen (secondary N) is 1. The lowest BCUT2D eigenvalue weighted by molar-refractivity contribution is -0.118. The predicted octanol–water partition coefficient (Wildman–Crippen LogP) is 5.09. The number of hydrogen-bond donors (Lipinski definition) is 1. The van der Waals surface area contributed by atoms with Crippen molar-refractivity contribution in [1.82, 2.24) is 0 Å². The van der Waals surface area contributed by atoms with Crippen molar-refractivity contribution in [2.75, 3.05) is 11.9 Å². The van der Waals surface area contributed by atoms with Gasteiger partial charge in [-0.05, 0) is 54.3 Å². The average Bonchev–Trinajstić information content (AvgIpc) is 2.75. The number of amides is 1. The van der Waals surface area contributed by atoms with E-state index in [0.29, 0.717) is 11.3 Å². The van der Waals surface area contributed by atoms with Gasteiger partial charge in [0.1, 0.15) is 11.3 Å². The molecule has 0 radical (unpaired) electrons. The lowest BCUT2D eigenvalue weighted by atomic mass is 10.0. The Kier molecular flexibility index (Phi) is 5.35. The Hall–Kier alpha value is -3.86. The fourth-order valence-electron chi connectivity index (χ4n) is 3.31. The van der Waals surface area contributed by atoms with E-state index in [1.54, 1.807) is 12.1 Å². The molecule has 0 spiro atoms. The minimum absolute atomic E-state index is 0.151. The highest BCUT2D eigenvalue weighted by atomic mass is 16.5. The second kappa shape index (κ2) is 8.25. The van der Waals surface area contributed by atoms with Crippen LogP contribution in [0.15, 0.2) is 82.0 Å². The molecule has 0 saturated carbocycles. The van der Waals surface area contributed by atoms with E-state index in [2.05, 4.69) is 5.32 Å². The van der Waals surface area contributed by atoms with E-state index in [-0.39, 0.29) is 12.5 Å². The molecule has 150 valence electrons. The van der Waals surface area contributed by atoms with E-state index in [9.17, 15) is 9.59 Å². The molecule has 0 aliphatic heterocycles. The van der Waals surface area contributed by atoms with Crippen molar-refractivity contribution in [3.05, 3.63) is 94.3 Å². The molecule has 1 N–H and O–H groups in total. The summed E-state index contributed by atoms with van der Waals surface area (Å²) < 4.78 is 11.0. The Bertz CT molecular complexity index is 1280. The maximum absolute atomic E-state index is 12.3. The average molecular weight is 399 g/mol. The first kappa shape index (κ1) is 19.5.